The van der Waals surface area contributed by atoms with Gasteiger partial charge in [-0.05, 0) is 105 Å². The topological polar surface area (TPSA) is 62.7 Å². The van der Waals surface area contributed by atoms with Crippen molar-refractivity contribution in [3.05, 3.63) is 71.4 Å². The first kappa shape index (κ1) is 26.1. The zero-order valence-electron chi connectivity index (χ0n) is 21.4. The summed E-state index contributed by atoms with van der Waals surface area (Å²) < 4.78 is 21.2. The standard InChI is InChI=1S/C30H37FN2O3/c1-22-21-32-27-11-10-24(36-2)19-25(27)29(22)26(31)12-13-30(20-28(34)35)14-17-33(18-15-30)16-6-9-23-7-4-3-5-8-23/h3-5,7-8,10-11,19,21,26H,6,9,12-18,20H2,1-2H3,(H,34,35)/t26-/m1/s1. The lowest BCUT2D eigenvalue weighted by atomic mass is 9.71. The second-order valence-electron chi connectivity index (χ2n) is 10.2. The van der Waals surface area contributed by atoms with Crippen LogP contribution in [-0.4, -0.2) is 47.7 Å². The minimum Gasteiger partial charge on any atom is -0.497 e. The molecule has 0 unspecified atom stereocenters. The van der Waals surface area contributed by atoms with E-state index in [1.807, 2.05) is 31.2 Å². The van der Waals surface area contributed by atoms with Crippen molar-refractivity contribution in [2.45, 2.75) is 58.0 Å². The van der Waals surface area contributed by atoms with Crippen LogP contribution in [0.2, 0.25) is 0 Å². The molecule has 0 bridgehead atoms. The van der Waals surface area contributed by atoms with Gasteiger partial charge in [-0.1, -0.05) is 30.3 Å². The van der Waals surface area contributed by atoms with Crippen LogP contribution in [-0.2, 0) is 11.2 Å². The number of rotatable bonds is 11. The predicted octanol–water partition coefficient (Wildman–Crippen LogP) is 6.53. The third kappa shape index (κ3) is 6.41. The largest absolute Gasteiger partial charge is 0.497 e. The van der Waals surface area contributed by atoms with Gasteiger partial charge in [-0.2, -0.15) is 0 Å². The van der Waals surface area contributed by atoms with Gasteiger partial charge < -0.3 is 14.7 Å². The molecule has 0 aliphatic carbocycles. The van der Waals surface area contributed by atoms with Crippen LogP contribution in [0.1, 0.15) is 61.4 Å². The number of nitrogens with zero attached hydrogens (tertiary/aromatic N) is 2. The van der Waals surface area contributed by atoms with Gasteiger partial charge >= 0.3 is 5.97 Å². The summed E-state index contributed by atoms with van der Waals surface area (Å²) in [5.74, 6) is -0.122. The molecule has 192 valence electrons. The first-order chi connectivity index (χ1) is 17.4. The number of carboxylic acids is 1. The Hall–Kier alpha value is -2.99. The Morgan fingerprint density at radius 3 is 2.64 bits per heavy atom. The fourth-order valence-electron chi connectivity index (χ4n) is 5.65. The molecule has 6 heteroatoms. The first-order valence-corrected chi connectivity index (χ1v) is 12.9. The van der Waals surface area contributed by atoms with Crippen molar-refractivity contribution >= 4 is 16.9 Å². The summed E-state index contributed by atoms with van der Waals surface area (Å²) in [5, 5.41) is 10.4. The first-order valence-electron chi connectivity index (χ1n) is 12.9. The quantitative estimate of drug-likeness (QED) is 0.330. The maximum absolute atomic E-state index is 15.8. The van der Waals surface area contributed by atoms with Gasteiger partial charge in [0.15, 0.2) is 0 Å². The highest BCUT2D eigenvalue weighted by Crippen LogP contribution is 2.43. The predicted molar refractivity (Wildman–Crippen MR) is 141 cm³/mol. The van der Waals surface area contributed by atoms with Crippen LogP contribution in [0.4, 0.5) is 4.39 Å². The second kappa shape index (κ2) is 11.8. The number of piperidine rings is 1. The van der Waals surface area contributed by atoms with Gasteiger partial charge in [-0.25, -0.2) is 4.39 Å². The molecule has 3 aromatic rings. The Morgan fingerprint density at radius 2 is 1.94 bits per heavy atom. The number of hydrogen-bond acceptors (Lipinski definition) is 4. The van der Waals surface area contributed by atoms with Crippen molar-refractivity contribution in [1.82, 2.24) is 9.88 Å². The van der Waals surface area contributed by atoms with Gasteiger partial charge in [0, 0.05) is 11.6 Å². The smallest absolute Gasteiger partial charge is 0.303 e. The summed E-state index contributed by atoms with van der Waals surface area (Å²) in [7, 11) is 1.60. The van der Waals surface area contributed by atoms with Gasteiger partial charge in [0.1, 0.15) is 11.9 Å². The highest BCUT2D eigenvalue weighted by Gasteiger charge is 2.37. The minimum absolute atomic E-state index is 0.0987. The molecule has 1 saturated heterocycles. The Balaban J connectivity index is 1.39. The van der Waals surface area contributed by atoms with E-state index in [4.69, 9.17) is 4.74 Å². The van der Waals surface area contributed by atoms with Crippen molar-refractivity contribution < 1.29 is 19.0 Å². The number of methoxy groups -OCH3 is 1. The molecule has 36 heavy (non-hydrogen) atoms. The molecule has 0 spiro atoms. The van der Waals surface area contributed by atoms with Crippen LogP contribution < -0.4 is 4.74 Å². The molecule has 1 aliphatic heterocycles. The van der Waals surface area contributed by atoms with Crippen molar-refractivity contribution in [1.29, 1.82) is 0 Å². The van der Waals surface area contributed by atoms with Gasteiger partial charge in [-0.3, -0.25) is 9.78 Å². The Bertz CT molecular complexity index is 1160. The number of carboxylic acid groups (broad SMARTS) is 1. The Labute approximate surface area is 213 Å². The number of alkyl halides is 1. The Kier molecular flexibility index (Phi) is 8.57. The van der Waals surface area contributed by atoms with E-state index in [1.165, 1.54) is 5.56 Å². The van der Waals surface area contributed by atoms with Crippen molar-refractivity contribution in [2.24, 2.45) is 5.41 Å². The second-order valence-corrected chi connectivity index (χ2v) is 10.2. The number of aryl methyl sites for hydroxylation is 2. The molecule has 4 rings (SSSR count). The Morgan fingerprint density at radius 1 is 1.19 bits per heavy atom. The number of fused-ring (bicyclic) bond motifs is 1. The van der Waals surface area contributed by atoms with E-state index >= 15 is 4.39 Å². The van der Waals surface area contributed by atoms with E-state index in [-0.39, 0.29) is 11.8 Å². The van der Waals surface area contributed by atoms with E-state index < -0.39 is 12.1 Å². The molecule has 2 aromatic carbocycles. The van der Waals surface area contributed by atoms with Crippen LogP contribution in [0.25, 0.3) is 10.9 Å². The SMILES string of the molecule is COc1ccc2ncc(C)c([C@H](F)CCC3(CC(=O)O)CCN(CCCc4ccccc4)CC3)c2c1. The van der Waals surface area contributed by atoms with Crippen LogP contribution in [0.3, 0.4) is 0 Å². The highest BCUT2D eigenvalue weighted by molar-refractivity contribution is 5.84. The van der Waals surface area contributed by atoms with E-state index in [0.29, 0.717) is 24.2 Å². The average Bonchev–Trinajstić information content (AvgIpc) is 2.88. The number of carbonyl (C=O) groups is 1. The number of benzene rings is 2. The van der Waals surface area contributed by atoms with E-state index in [9.17, 15) is 9.90 Å². The molecule has 0 saturated carbocycles. The van der Waals surface area contributed by atoms with Crippen LogP contribution in [0.15, 0.2) is 54.7 Å². The maximum Gasteiger partial charge on any atom is 0.303 e. The lowest BCUT2D eigenvalue weighted by molar-refractivity contribution is -0.141. The third-order valence-corrected chi connectivity index (χ3v) is 7.78. The van der Waals surface area contributed by atoms with Gasteiger partial charge in [0.25, 0.3) is 0 Å². The van der Waals surface area contributed by atoms with Gasteiger partial charge in [0.05, 0.1) is 19.0 Å². The molecular weight excluding hydrogens is 455 g/mol. The average molecular weight is 493 g/mol. The maximum atomic E-state index is 15.8. The number of ether oxygens (including phenoxy) is 1. The van der Waals surface area contributed by atoms with Crippen molar-refractivity contribution in [3.8, 4) is 5.75 Å². The summed E-state index contributed by atoms with van der Waals surface area (Å²) in [5.41, 5.74) is 3.18. The number of halogens is 1. The van der Waals surface area contributed by atoms with Crippen molar-refractivity contribution in [3.63, 3.8) is 0 Å². The summed E-state index contributed by atoms with van der Waals surface area (Å²) >= 11 is 0. The lowest BCUT2D eigenvalue weighted by Gasteiger charge is -2.41. The van der Waals surface area contributed by atoms with E-state index in [2.05, 4.69) is 34.1 Å². The summed E-state index contributed by atoms with van der Waals surface area (Å²) in [6.45, 7) is 4.63. The van der Waals surface area contributed by atoms with Gasteiger partial charge in [-0.15, -0.1) is 0 Å². The molecule has 1 aromatic heterocycles. The third-order valence-electron chi connectivity index (χ3n) is 7.78. The molecule has 2 heterocycles. The molecule has 0 radical (unpaired) electrons. The molecule has 1 N–H and O–H groups in total. The van der Waals surface area contributed by atoms with Crippen LogP contribution in [0, 0.1) is 12.3 Å². The zero-order chi connectivity index (χ0) is 25.5. The number of aliphatic carboxylic acids is 1. The fourth-order valence-corrected chi connectivity index (χ4v) is 5.65. The van der Waals surface area contributed by atoms with Crippen molar-refractivity contribution in [2.75, 3.05) is 26.7 Å². The fraction of sp³-hybridized carbons (Fsp3) is 0.467. The highest BCUT2D eigenvalue weighted by atomic mass is 19.1. The van der Waals surface area contributed by atoms with E-state index in [0.717, 1.165) is 61.8 Å². The van der Waals surface area contributed by atoms with Gasteiger partial charge in [0.2, 0.25) is 0 Å². The van der Waals surface area contributed by atoms with Crippen LogP contribution >= 0.6 is 0 Å². The minimum atomic E-state index is -1.18. The number of pyridine rings is 1. The summed E-state index contributed by atoms with van der Waals surface area (Å²) in [6, 6.07) is 16.0. The molecular formula is C30H37FN2O3. The zero-order valence-corrected chi connectivity index (χ0v) is 21.4. The molecule has 1 atom stereocenters. The molecule has 1 aliphatic rings. The molecule has 5 nitrogen and oxygen atoms in total. The monoisotopic (exact) mass is 492 g/mol. The molecule has 0 amide bonds. The van der Waals surface area contributed by atoms with E-state index in [1.54, 1.807) is 13.3 Å². The van der Waals surface area contributed by atoms with Crippen LogP contribution in [0.5, 0.6) is 5.75 Å². The summed E-state index contributed by atoms with van der Waals surface area (Å²) in [6.07, 6.45) is 5.22. The number of aromatic nitrogens is 1. The normalized spacial score (nSPS) is 16.6. The number of hydrogen-bond donors (Lipinski definition) is 1. The number of likely N-dealkylation sites (tertiary alicyclic amines) is 1. The lowest BCUT2D eigenvalue weighted by Crippen LogP contribution is -2.41. The molecule has 1 fully saturated rings. The summed E-state index contributed by atoms with van der Waals surface area (Å²) in [4.78, 5) is 18.6.